The molecule has 141 heavy (non-hydrogen) atoms. The molecule has 0 saturated carbocycles. The number of carbonyl (C=O) groups excluding carboxylic acids is 14. The second kappa shape index (κ2) is 59.2. The van der Waals surface area contributed by atoms with Gasteiger partial charge in [-0.05, 0) is 179 Å². The first-order valence-corrected chi connectivity index (χ1v) is 51.0. The molecule has 5 rings (SSSR count). The Hall–Kier alpha value is -11.8. The summed E-state index contributed by atoms with van der Waals surface area (Å²) in [7, 11) is -2.68. The van der Waals surface area contributed by atoms with Crippen molar-refractivity contribution < 1.29 is 139 Å². The number of Topliss-reactive ketones (excluding diaryl/α,β-unsaturated/α-hetero) is 6. The zero-order valence-corrected chi connectivity index (χ0v) is 84.3. The lowest BCUT2D eigenvalue weighted by Gasteiger charge is -2.27. The average Bonchev–Trinajstić information content (AvgIpc) is 1.59. The zero-order valence-electron chi connectivity index (χ0n) is 82.7. The van der Waals surface area contributed by atoms with Crippen LogP contribution in [0.5, 0.6) is 0 Å². The molecule has 0 aromatic heterocycles. The number of benzene rings is 2. The van der Waals surface area contributed by atoms with Crippen LogP contribution in [0.3, 0.4) is 0 Å². The summed E-state index contributed by atoms with van der Waals surface area (Å²) in [5.41, 5.74) is 12.0. The number of hydrogen-bond acceptors (Lipinski definition) is 25. The third-order valence-corrected chi connectivity index (χ3v) is 26.8. The van der Waals surface area contributed by atoms with Crippen molar-refractivity contribution in [3.63, 3.8) is 0 Å². The van der Waals surface area contributed by atoms with Crippen LogP contribution in [-0.2, 0) is 117 Å². The lowest BCUT2D eigenvalue weighted by molar-refractivity contribution is -0.433. The Morgan fingerprint density at radius 2 is 1.11 bits per heavy atom. The Morgan fingerprint density at radius 3 is 1.66 bits per heavy atom. The van der Waals surface area contributed by atoms with Crippen LogP contribution in [-0.4, -0.2) is 267 Å². The molecule has 0 radical (unpaired) electrons. The number of ether oxygens (including phenoxy) is 1. The van der Waals surface area contributed by atoms with E-state index in [1.807, 2.05) is 76.1 Å². The number of nitrogens with two attached hydrogens (primary N) is 1. The van der Waals surface area contributed by atoms with Gasteiger partial charge in [0, 0.05) is 167 Å². The van der Waals surface area contributed by atoms with Crippen molar-refractivity contribution >= 4 is 151 Å². The fourth-order valence-electron chi connectivity index (χ4n) is 17.3. The molecule has 1 saturated heterocycles. The first-order chi connectivity index (χ1) is 66.4. The normalized spacial score (nSPS) is 16.6. The molecule has 3 aliphatic rings. The molecular formula is C100H144N11O28S2+. The number of carbonyl (C=O) groups is 19. The number of aryl methyl sites for hydroxylation is 1. The fourth-order valence-corrected chi connectivity index (χ4v) is 18.4. The van der Waals surface area contributed by atoms with Crippen LogP contribution in [0, 0.1) is 36.5 Å². The Bertz CT molecular complexity index is 5100. The maximum atomic E-state index is 14.3. The molecule has 3 heterocycles. The van der Waals surface area contributed by atoms with Gasteiger partial charge in [0.2, 0.25) is 52.9 Å². The van der Waals surface area contributed by atoms with E-state index in [0.717, 1.165) is 30.9 Å². The van der Waals surface area contributed by atoms with E-state index in [4.69, 9.17) is 10.5 Å². The highest BCUT2D eigenvalue weighted by Crippen LogP contribution is 2.49. The van der Waals surface area contributed by atoms with Crippen LogP contribution in [0.1, 0.15) is 252 Å². The van der Waals surface area contributed by atoms with Crippen molar-refractivity contribution in [1.82, 2.24) is 42.1 Å². The van der Waals surface area contributed by atoms with E-state index < -0.39 is 260 Å². The quantitative estimate of drug-likeness (QED) is 0.0130. The highest BCUT2D eigenvalue weighted by atomic mass is 32.2. The number of carboxylic acid groups (broad SMARTS) is 5. The van der Waals surface area contributed by atoms with Crippen molar-refractivity contribution in [2.75, 3.05) is 69.9 Å². The number of ketones is 6. The van der Waals surface area contributed by atoms with E-state index in [1.165, 1.54) is 53.3 Å². The van der Waals surface area contributed by atoms with Crippen LogP contribution in [0.15, 0.2) is 89.5 Å². The maximum absolute atomic E-state index is 14.3. The molecule has 2 aromatic carbocycles. The summed E-state index contributed by atoms with van der Waals surface area (Å²) in [5.74, 6) is -23.2. The highest BCUT2D eigenvalue weighted by Gasteiger charge is 2.45. The molecule has 0 unspecified atom stereocenters. The van der Waals surface area contributed by atoms with Gasteiger partial charge in [-0.15, -0.1) is 0 Å². The van der Waals surface area contributed by atoms with E-state index in [1.54, 1.807) is 12.3 Å². The molecule has 10 atom stereocenters. The van der Waals surface area contributed by atoms with Crippen molar-refractivity contribution in [3.8, 4) is 0 Å². The van der Waals surface area contributed by atoms with E-state index in [9.17, 15) is 130 Å². The summed E-state index contributed by atoms with van der Waals surface area (Å²) in [4.78, 5) is 253. The number of carboxylic acids is 5. The van der Waals surface area contributed by atoms with Gasteiger partial charge in [0.15, 0.2) is 40.4 Å². The molecule has 8 amide bonds. The van der Waals surface area contributed by atoms with Crippen LogP contribution < -0.4 is 47.9 Å². The van der Waals surface area contributed by atoms with Crippen LogP contribution >= 0.6 is 11.8 Å². The van der Waals surface area contributed by atoms with Crippen LogP contribution in [0.2, 0.25) is 0 Å². The van der Waals surface area contributed by atoms with Crippen LogP contribution in [0.4, 0.5) is 11.4 Å². The summed E-state index contributed by atoms with van der Waals surface area (Å²) in [6.45, 7) is 18.7. The average molecular weight is 2010 g/mol. The number of amides is 8. The van der Waals surface area contributed by atoms with Crippen LogP contribution in [0.25, 0.3) is 0 Å². The largest absolute Gasteiger partial charge is 0.481 e. The van der Waals surface area contributed by atoms with Gasteiger partial charge in [-0.1, -0.05) is 83.0 Å². The summed E-state index contributed by atoms with van der Waals surface area (Å²) in [6.07, 6.45) is 9.17. The molecule has 3 aliphatic heterocycles. The van der Waals surface area contributed by atoms with E-state index in [-0.39, 0.29) is 117 Å². The summed E-state index contributed by atoms with van der Waals surface area (Å²) >= 11 is 1.26. The SMILES string of the molecule is CC[N+]1=C(/C=C/C=C/C=C/C=C2/N(CCCCCC(=O)NCCCC[C@@H](NC(=O)[C@@H](CCC(=O)O)CC(=O)[C@@H](CCC(=O)O)NC(=O)[C@@H](CCC(=O)O)CC(=O)[C@@H](CCC(=O)O)NC(=O)[C@@H](CCC(=O)O)CC(=O)COCCCC(=O)CNC(=O)[C@H](C)CC(=O)[C@H](CSC)NC(=O)CCC(=O)[C@H](CC(C)C)NC(=O)[C@@H]3CCCN3C)C(N)=O)c3ccc(S(=O)(=O)O)cc3C2(C)C)C(C)(C)c2cc(C)ccc21. The van der Waals surface area contributed by atoms with E-state index >= 15 is 0 Å². The van der Waals surface area contributed by atoms with Gasteiger partial charge in [-0.3, -0.25) is 101 Å². The Morgan fingerprint density at radius 1 is 0.553 bits per heavy atom. The minimum atomic E-state index is -4.52. The second-order valence-electron chi connectivity index (χ2n) is 37.8. The topological polar surface area (TPSA) is 609 Å². The Balaban J connectivity index is 1.12. The Labute approximate surface area is 828 Å². The third-order valence-electron chi connectivity index (χ3n) is 25.3. The predicted octanol–water partition coefficient (Wildman–Crippen LogP) is 7.72. The molecule has 0 bridgehead atoms. The summed E-state index contributed by atoms with van der Waals surface area (Å²) in [5, 5.41) is 66.5. The van der Waals surface area contributed by atoms with Gasteiger partial charge < -0.3 is 78.1 Å². The number of allylic oxidation sites excluding steroid dienone is 8. The number of likely N-dealkylation sites (tertiary alicyclic amines) is 1. The number of rotatable bonds is 70. The van der Waals surface area contributed by atoms with Gasteiger partial charge in [0.25, 0.3) is 10.1 Å². The number of nitrogens with zero attached hydrogens (tertiary/aromatic N) is 3. The molecule has 41 heteroatoms. The maximum Gasteiger partial charge on any atom is 0.303 e. The lowest BCUT2D eigenvalue weighted by atomic mass is 9.81. The fraction of sp³-hybridized carbons (Fsp3) is 0.600. The molecule has 778 valence electrons. The van der Waals surface area contributed by atoms with Crippen molar-refractivity contribution in [3.05, 3.63) is 101 Å². The van der Waals surface area contributed by atoms with Gasteiger partial charge >= 0.3 is 29.8 Å². The molecule has 2 aromatic rings. The minimum Gasteiger partial charge on any atom is -0.481 e. The minimum absolute atomic E-state index is 0.0149. The highest BCUT2D eigenvalue weighted by molar-refractivity contribution is 7.98. The molecule has 0 aliphatic carbocycles. The Kier molecular flexibility index (Phi) is 50.2. The molecule has 0 spiro atoms. The molecule has 1 fully saturated rings. The van der Waals surface area contributed by atoms with Crippen molar-refractivity contribution in [1.29, 1.82) is 0 Å². The summed E-state index contributed by atoms with van der Waals surface area (Å²) < 4.78 is 42.4. The number of likely N-dealkylation sites (N-methyl/N-ethyl adjacent to an activating group) is 1. The van der Waals surface area contributed by atoms with Gasteiger partial charge in [0.05, 0.1) is 47.1 Å². The number of thioether (sulfide) groups is 1. The molecule has 39 nitrogen and oxygen atoms in total. The van der Waals surface area contributed by atoms with E-state index in [0.29, 0.717) is 44.2 Å². The first kappa shape index (κ1) is 120. The molecule has 15 N–H and O–H groups in total. The van der Waals surface area contributed by atoms with Gasteiger partial charge in [-0.2, -0.15) is 24.8 Å². The van der Waals surface area contributed by atoms with E-state index in [2.05, 4.69) is 98.7 Å². The van der Waals surface area contributed by atoms with Crippen molar-refractivity contribution in [2.45, 2.75) is 294 Å². The standard InChI is InChI=1S/C100H143N11O28S2/c1-12-110-77-38-31-62(4)52-70(77)99(6,7)84(110)28-17-14-13-15-18-29-85-100(8,9)71-57-69(141(136,137)138)35-39-78(71)111(85)49-22-16-19-30-86(118)102-47-21-20-26-74(93(101)130)107-97(134)66(34-44-90(124)125)56-83(117)73(37-46-92(128)129)106-96(133)65(33-43-89(122)123)55-82(116)72(36-45-91(126)127)105-95(132)64(32-42-88(120)121)54-68(113)59-139-50-24-25-67(112)58-103-94(131)63(5)53-81(115)76(60-140-11)104-87(119)41-40-80(114)75(51-61(2)3)108-98(135)79-27-23-48-109(79)10/h13-15,17-18,28-29,31,35,38-39,52,57,61,63-66,72-76,79H,12,16,19-27,30,32-34,36-37,40-51,53-56,58-60H2,1-11H3,(H14-,101,102,103,104,105,106,107,108,118,119,120,121,122,123,124,125,126,127,128,129,130,131,132,133,134,135,136,137,138)/p+1/t63-,64+,65+,66+,72-,73-,74-,75+,76+,79+/m1/s1. The summed E-state index contributed by atoms with van der Waals surface area (Å²) in [6, 6.07) is 3.81. The lowest BCUT2D eigenvalue weighted by Crippen LogP contribution is -2.49. The smallest absolute Gasteiger partial charge is 0.303 e. The van der Waals surface area contributed by atoms with Gasteiger partial charge in [0.1, 0.15) is 19.2 Å². The number of fused-ring (bicyclic) bond motifs is 2. The number of nitrogens with one attached hydrogen (secondary N) is 7. The number of aliphatic carboxylic acids is 5. The monoisotopic (exact) mass is 2010 g/mol. The third kappa shape index (κ3) is 40.6. The number of hydrogen-bond donors (Lipinski definition) is 14. The van der Waals surface area contributed by atoms with Crippen molar-refractivity contribution in [2.24, 2.45) is 35.3 Å². The number of unbranched alkanes of at least 4 members (excludes halogenated alkanes) is 3. The zero-order chi connectivity index (χ0) is 105. The number of primary amides is 1. The van der Waals surface area contributed by atoms with Gasteiger partial charge in [-0.25, -0.2) is 0 Å². The number of anilines is 1. The first-order valence-electron chi connectivity index (χ1n) is 48.1. The predicted molar refractivity (Wildman–Crippen MR) is 524 cm³/mol. The second-order valence-corrected chi connectivity index (χ2v) is 40.2. The molecular weight excluding hydrogens is 1870 g/mol.